The zero-order valence-corrected chi connectivity index (χ0v) is 11.4. The molecule has 0 spiro atoms. The lowest BCUT2D eigenvalue weighted by molar-refractivity contribution is -0.107. The molecule has 0 aromatic heterocycles. The van der Waals surface area contributed by atoms with Gasteiger partial charge in [-0.2, -0.15) is 0 Å². The Kier molecular flexibility index (Phi) is 4.46. The standard InChI is InChI=1S/C13H15BrO3/c1-13(2,7-11(14)8-15)10-5-3-9(4-6-10)12(16)17/h3-6,8,11H,7H2,1-2H3,(H,16,17)/t11-/m0/s1. The van der Waals surface area contributed by atoms with Crippen molar-refractivity contribution in [2.75, 3.05) is 0 Å². The fraction of sp³-hybridized carbons (Fsp3) is 0.385. The maximum atomic E-state index is 10.7. The van der Waals surface area contributed by atoms with Crippen LogP contribution in [0.3, 0.4) is 0 Å². The summed E-state index contributed by atoms with van der Waals surface area (Å²) in [6.07, 6.45) is 1.54. The van der Waals surface area contributed by atoms with Crippen molar-refractivity contribution in [2.24, 2.45) is 0 Å². The molecule has 1 N–H and O–H groups in total. The maximum absolute atomic E-state index is 10.7. The summed E-state index contributed by atoms with van der Waals surface area (Å²) in [6.45, 7) is 4.06. The third kappa shape index (κ3) is 3.66. The molecule has 17 heavy (non-hydrogen) atoms. The van der Waals surface area contributed by atoms with Crippen LogP contribution in [0, 0.1) is 0 Å². The summed E-state index contributed by atoms with van der Waals surface area (Å²) in [5, 5.41) is 8.81. The van der Waals surface area contributed by atoms with Gasteiger partial charge in [0.2, 0.25) is 0 Å². The van der Waals surface area contributed by atoms with Crippen LogP contribution in [-0.4, -0.2) is 22.2 Å². The van der Waals surface area contributed by atoms with Crippen LogP contribution < -0.4 is 0 Å². The Bertz CT molecular complexity index is 409. The van der Waals surface area contributed by atoms with Gasteiger partial charge in [-0.3, -0.25) is 0 Å². The molecule has 4 heteroatoms. The molecule has 3 nitrogen and oxygen atoms in total. The normalized spacial score (nSPS) is 13.1. The van der Waals surface area contributed by atoms with Crippen molar-refractivity contribution >= 4 is 28.2 Å². The van der Waals surface area contributed by atoms with Crippen molar-refractivity contribution in [2.45, 2.75) is 30.5 Å². The summed E-state index contributed by atoms with van der Waals surface area (Å²) in [7, 11) is 0. The van der Waals surface area contributed by atoms with Crippen LogP contribution in [0.1, 0.15) is 36.2 Å². The third-order valence-corrected chi connectivity index (χ3v) is 3.31. The highest BCUT2D eigenvalue weighted by atomic mass is 79.9. The Labute approximate surface area is 109 Å². The van der Waals surface area contributed by atoms with Gasteiger partial charge in [0.1, 0.15) is 6.29 Å². The molecule has 1 atom stereocenters. The van der Waals surface area contributed by atoms with E-state index in [1.54, 1.807) is 24.3 Å². The molecule has 0 aliphatic rings. The highest BCUT2D eigenvalue weighted by Crippen LogP contribution is 2.30. The van der Waals surface area contributed by atoms with Crippen molar-refractivity contribution in [3.05, 3.63) is 35.4 Å². The second-order valence-electron chi connectivity index (χ2n) is 4.62. The minimum absolute atomic E-state index is 0.174. The lowest BCUT2D eigenvalue weighted by atomic mass is 9.80. The van der Waals surface area contributed by atoms with Gasteiger partial charge in [-0.15, -0.1) is 0 Å². The number of hydrogen-bond acceptors (Lipinski definition) is 2. The van der Waals surface area contributed by atoms with Gasteiger partial charge in [0.05, 0.1) is 10.4 Å². The smallest absolute Gasteiger partial charge is 0.335 e. The van der Waals surface area contributed by atoms with Crippen molar-refractivity contribution in [3.8, 4) is 0 Å². The largest absolute Gasteiger partial charge is 0.478 e. The van der Waals surface area contributed by atoms with Gasteiger partial charge in [-0.25, -0.2) is 4.79 Å². The summed E-state index contributed by atoms with van der Waals surface area (Å²) in [5.41, 5.74) is 1.12. The number of halogens is 1. The highest BCUT2D eigenvalue weighted by Gasteiger charge is 2.24. The first-order valence-corrected chi connectivity index (χ1v) is 6.21. The molecule has 0 amide bonds. The topological polar surface area (TPSA) is 54.4 Å². The summed E-state index contributed by atoms with van der Waals surface area (Å²) in [6, 6.07) is 6.77. The molecule has 0 heterocycles. The van der Waals surface area contributed by atoms with E-state index in [-0.39, 0.29) is 15.8 Å². The average Bonchev–Trinajstić information content (AvgIpc) is 2.28. The first-order chi connectivity index (χ1) is 7.86. The van der Waals surface area contributed by atoms with Crippen LogP contribution in [-0.2, 0) is 10.2 Å². The molecule has 0 radical (unpaired) electrons. The SMILES string of the molecule is CC(C)(C[C@H](Br)C=O)c1ccc(C(=O)O)cc1. The molecule has 1 rings (SSSR count). The van der Waals surface area contributed by atoms with Gasteiger partial charge >= 0.3 is 5.97 Å². The molecule has 0 fully saturated rings. The van der Waals surface area contributed by atoms with Crippen LogP contribution >= 0.6 is 15.9 Å². The van der Waals surface area contributed by atoms with E-state index >= 15 is 0 Å². The van der Waals surface area contributed by atoms with E-state index < -0.39 is 5.97 Å². The molecule has 1 aromatic carbocycles. The number of alkyl halides is 1. The van der Waals surface area contributed by atoms with E-state index in [1.807, 2.05) is 13.8 Å². The molecule has 0 aliphatic carbocycles. The Morgan fingerprint density at radius 2 is 1.94 bits per heavy atom. The minimum atomic E-state index is -0.930. The predicted molar refractivity (Wildman–Crippen MR) is 69.8 cm³/mol. The van der Waals surface area contributed by atoms with Crippen LogP contribution in [0.15, 0.2) is 24.3 Å². The predicted octanol–water partition coefficient (Wildman–Crippen LogP) is 3.01. The number of aromatic carboxylic acids is 1. The highest BCUT2D eigenvalue weighted by molar-refractivity contribution is 9.09. The monoisotopic (exact) mass is 298 g/mol. The van der Waals surface area contributed by atoms with Gasteiger partial charge < -0.3 is 9.90 Å². The van der Waals surface area contributed by atoms with Gasteiger partial charge in [-0.1, -0.05) is 41.9 Å². The Balaban J connectivity index is 2.91. The van der Waals surface area contributed by atoms with Crippen molar-refractivity contribution in [1.29, 1.82) is 0 Å². The summed E-state index contributed by atoms with van der Waals surface area (Å²) in [4.78, 5) is 21.2. The van der Waals surface area contributed by atoms with Crippen molar-refractivity contribution < 1.29 is 14.7 Å². The minimum Gasteiger partial charge on any atom is -0.478 e. The summed E-state index contributed by atoms with van der Waals surface area (Å²) in [5.74, 6) is -0.930. The lowest BCUT2D eigenvalue weighted by Gasteiger charge is -2.26. The molecule has 0 aliphatic heterocycles. The summed E-state index contributed by atoms with van der Waals surface area (Å²) < 4.78 is 0. The van der Waals surface area contributed by atoms with Crippen LogP contribution in [0.2, 0.25) is 0 Å². The Hall–Kier alpha value is -1.16. The van der Waals surface area contributed by atoms with Crippen LogP contribution in [0.5, 0.6) is 0 Å². The fourth-order valence-corrected chi connectivity index (χ4v) is 2.53. The molecule has 0 unspecified atom stereocenters. The van der Waals surface area contributed by atoms with Crippen LogP contribution in [0.25, 0.3) is 0 Å². The molecule has 92 valence electrons. The van der Waals surface area contributed by atoms with Crippen molar-refractivity contribution in [1.82, 2.24) is 0 Å². The van der Waals surface area contributed by atoms with E-state index in [4.69, 9.17) is 5.11 Å². The molecule has 0 saturated heterocycles. The van der Waals surface area contributed by atoms with Crippen LogP contribution in [0.4, 0.5) is 0 Å². The van der Waals surface area contributed by atoms with Crippen molar-refractivity contribution in [3.63, 3.8) is 0 Å². The van der Waals surface area contributed by atoms with E-state index in [0.29, 0.717) is 6.42 Å². The van der Waals surface area contributed by atoms with E-state index in [0.717, 1.165) is 11.8 Å². The first-order valence-electron chi connectivity index (χ1n) is 5.30. The number of hydrogen-bond donors (Lipinski definition) is 1. The zero-order valence-electron chi connectivity index (χ0n) is 9.81. The quantitative estimate of drug-likeness (QED) is 0.671. The molecular weight excluding hydrogens is 284 g/mol. The fourth-order valence-electron chi connectivity index (χ4n) is 1.72. The number of rotatable bonds is 5. The second-order valence-corrected chi connectivity index (χ2v) is 5.80. The van der Waals surface area contributed by atoms with E-state index in [1.165, 1.54) is 0 Å². The van der Waals surface area contributed by atoms with E-state index in [2.05, 4.69) is 15.9 Å². The first kappa shape index (κ1) is 13.9. The second kappa shape index (κ2) is 5.45. The maximum Gasteiger partial charge on any atom is 0.335 e. The van der Waals surface area contributed by atoms with Gasteiger partial charge in [0.15, 0.2) is 0 Å². The van der Waals surface area contributed by atoms with Gasteiger partial charge in [-0.05, 0) is 29.5 Å². The number of aldehydes is 1. The Morgan fingerprint density at radius 3 is 2.35 bits per heavy atom. The molecular formula is C13H15BrO3. The Morgan fingerprint density at radius 1 is 1.41 bits per heavy atom. The summed E-state index contributed by atoms with van der Waals surface area (Å²) >= 11 is 3.29. The number of carboxylic acid groups (broad SMARTS) is 1. The lowest BCUT2D eigenvalue weighted by Crippen LogP contribution is -2.22. The number of carbonyl (C=O) groups is 2. The number of benzene rings is 1. The number of carbonyl (C=O) groups excluding carboxylic acids is 1. The van der Waals surface area contributed by atoms with Gasteiger partial charge in [0, 0.05) is 0 Å². The molecule has 0 saturated carbocycles. The van der Waals surface area contributed by atoms with E-state index in [9.17, 15) is 9.59 Å². The average molecular weight is 299 g/mol. The van der Waals surface area contributed by atoms with Gasteiger partial charge in [0.25, 0.3) is 0 Å². The third-order valence-electron chi connectivity index (χ3n) is 2.77. The zero-order chi connectivity index (χ0) is 13.1. The number of carboxylic acids is 1. The molecule has 0 bridgehead atoms. The molecule has 1 aromatic rings.